The van der Waals surface area contributed by atoms with Gasteiger partial charge in [0.15, 0.2) is 0 Å². The van der Waals surface area contributed by atoms with Crippen LogP contribution in [0.2, 0.25) is 0 Å². The molecule has 0 bridgehead atoms. The van der Waals surface area contributed by atoms with Crippen molar-refractivity contribution in [3.63, 3.8) is 0 Å². The van der Waals surface area contributed by atoms with E-state index in [2.05, 4.69) is 98.8 Å². The molecule has 146 valence electrons. The monoisotopic (exact) mass is 370 g/mol. The molecule has 3 aromatic carbocycles. The Morgan fingerprint density at radius 3 is 1.36 bits per heavy atom. The van der Waals surface area contributed by atoms with E-state index in [4.69, 9.17) is 0 Å². The van der Waals surface area contributed by atoms with Gasteiger partial charge in [-0.05, 0) is 49.9 Å². The topological polar surface area (TPSA) is 0 Å². The first-order chi connectivity index (χ1) is 13.6. The number of hydrogen-bond donors (Lipinski definition) is 0. The molecule has 0 heterocycles. The first-order valence-electron chi connectivity index (χ1n) is 10.1. The Balaban J connectivity index is 0.000000372. The van der Waals surface area contributed by atoms with Crippen molar-refractivity contribution in [2.75, 3.05) is 0 Å². The average Bonchev–Trinajstić information content (AvgIpc) is 2.77. The highest BCUT2D eigenvalue weighted by Crippen LogP contribution is 2.24. The van der Waals surface area contributed by atoms with Gasteiger partial charge in [-0.15, -0.1) is 0 Å². The Kier molecular flexibility index (Phi) is 11.0. The molecule has 0 aromatic heterocycles. The molecule has 0 nitrogen and oxygen atoms in total. The molecule has 0 heteroatoms. The van der Waals surface area contributed by atoms with Crippen LogP contribution in [-0.2, 0) is 0 Å². The molecule has 3 rings (SSSR count). The quantitative estimate of drug-likeness (QED) is 0.404. The predicted molar refractivity (Wildman–Crippen MR) is 128 cm³/mol. The second-order valence-electron chi connectivity index (χ2n) is 6.34. The fourth-order valence-corrected chi connectivity index (χ4v) is 2.59. The summed E-state index contributed by atoms with van der Waals surface area (Å²) in [6.45, 7) is 12.3. The van der Waals surface area contributed by atoms with Crippen LogP contribution in [0.1, 0.15) is 40.2 Å². The summed E-state index contributed by atoms with van der Waals surface area (Å²) in [5.41, 5.74) is 7.67. The molecule has 0 aliphatic heterocycles. The summed E-state index contributed by atoms with van der Waals surface area (Å²) >= 11 is 0. The van der Waals surface area contributed by atoms with Gasteiger partial charge in [-0.3, -0.25) is 0 Å². The molecule has 0 atom stereocenters. The van der Waals surface area contributed by atoms with Gasteiger partial charge in [0.1, 0.15) is 0 Å². The van der Waals surface area contributed by atoms with Gasteiger partial charge in [0, 0.05) is 0 Å². The van der Waals surface area contributed by atoms with Gasteiger partial charge in [-0.1, -0.05) is 122 Å². The van der Waals surface area contributed by atoms with Crippen molar-refractivity contribution in [3.8, 4) is 22.3 Å². The third-order valence-corrected chi connectivity index (χ3v) is 4.26. The summed E-state index contributed by atoms with van der Waals surface area (Å²) in [5, 5.41) is 0. The van der Waals surface area contributed by atoms with E-state index in [1.807, 2.05) is 39.8 Å². The maximum Gasteiger partial charge on any atom is -0.0184 e. The van der Waals surface area contributed by atoms with Crippen LogP contribution in [0.4, 0.5) is 0 Å². The van der Waals surface area contributed by atoms with Gasteiger partial charge in [-0.2, -0.15) is 0 Å². The van der Waals surface area contributed by atoms with Crippen molar-refractivity contribution in [2.45, 2.75) is 41.5 Å². The van der Waals surface area contributed by atoms with Gasteiger partial charge < -0.3 is 0 Å². The fraction of sp³-hybridized carbons (Fsp3) is 0.214. The maximum absolute atomic E-state index is 2.19. The lowest BCUT2D eigenvalue weighted by atomic mass is 10.00. The second-order valence-corrected chi connectivity index (χ2v) is 6.34. The lowest BCUT2D eigenvalue weighted by Crippen LogP contribution is -1.80. The molecule has 0 saturated heterocycles. The van der Waals surface area contributed by atoms with Crippen LogP contribution < -0.4 is 0 Å². The van der Waals surface area contributed by atoms with Crippen LogP contribution in [0.25, 0.3) is 22.3 Å². The van der Waals surface area contributed by atoms with Gasteiger partial charge >= 0.3 is 0 Å². The third-order valence-electron chi connectivity index (χ3n) is 4.26. The number of aryl methyl sites for hydroxylation is 1. The summed E-state index contributed by atoms with van der Waals surface area (Å²) < 4.78 is 0. The van der Waals surface area contributed by atoms with E-state index >= 15 is 0 Å². The summed E-state index contributed by atoms with van der Waals surface area (Å²) in [7, 11) is 0. The van der Waals surface area contributed by atoms with Crippen molar-refractivity contribution in [3.05, 3.63) is 108 Å². The first-order valence-corrected chi connectivity index (χ1v) is 10.1. The summed E-state index contributed by atoms with van der Waals surface area (Å²) in [4.78, 5) is 0. The molecular formula is C28H34. The smallest absolute Gasteiger partial charge is 0.0184 e. The zero-order valence-electron chi connectivity index (χ0n) is 18.2. The third kappa shape index (κ3) is 7.80. The van der Waals surface area contributed by atoms with Crippen molar-refractivity contribution < 1.29 is 0 Å². The normalized spacial score (nSPS) is 10.6. The van der Waals surface area contributed by atoms with E-state index in [9.17, 15) is 0 Å². The molecule has 0 unspecified atom stereocenters. The molecule has 0 N–H and O–H groups in total. The van der Waals surface area contributed by atoms with E-state index in [0.29, 0.717) is 0 Å². The predicted octanol–water partition coefficient (Wildman–Crippen LogP) is 8.88. The number of hydrogen-bond acceptors (Lipinski definition) is 0. The fourth-order valence-electron chi connectivity index (χ4n) is 2.59. The number of benzene rings is 3. The second kappa shape index (κ2) is 13.3. The molecule has 3 aromatic rings. The highest BCUT2D eigenvalue weighted by Gasteiger charge is 1.99. The van der Waals surface area contributed by atoms with Gasteiger partial charge in [0.25, 0.3) is 0 Å². The molecule has 0 aliphatic carbocycles. The minimum atomic E-state index is 1.26. The van der Waals surface area contributed by atoms with E-state index in [1.54, 1.807) is 0 Å². The largest absolute Gasteiger partial charge is 0.0874 e. The summed E-state index contributed by atoms with van der Waals surface area (Å²) in [5.74, 6) is 0. The molecule has 0 radical (unpaired) electrons. The Bertz CT molecular complexity index is 833. The zero-order valence-corrected chi connectivity index (χ0v) is 18.2. The van der Waals surface area contributed by atoms with Crippen LogP contribution in [0, 0.1) is 6.92 Å². The molecular weight excluding hydrogens is 336 g/mol. The summed E-state index contributed by atoms with van der Waals surface area (Å²) in [6.07, 6.45) is 6.20. The molecule has 0 saturated carbocycles. The maximum atomic E-state index is 2.19. The highest BCUT2D eigenvalue weighted by molar-refractivity contribution is 5.70. The van der Waals surface area contributed by atoms with E-state index in [-0.39, 0.29) is 0 Å². The van der Waals surface area contributed by atoms with Crippen molar-refractivity contribution in [1.29, 1.82) is 0 Å². The lowest BCUT2D eigenvalue weighted by molar-refractivity contribution is 1.46. The van der Waals surface area contributed by atoms with Crippen LogP contribution >= 0.6 is 0 Å². The first kappa shape index (κ1) is 23.2. The molecule has 0 aliphatic rings. The summed E-state index contributed by atoms with van der Waals surface area (Å²) in [6, 6.07) is 27.9. The lowest BCUT2D eigenvalue weighted by Gasteiger charge is -2.05. The van der Waals surface area contributed by atoms with Gasteiger partial charge in [0.2, 0.25) is 0 Å². The van der Waals surface area contributed by atoms with Gasteiger partial charge in [0.05, 0.1) is 0 Å². The van der Waals surface area contributed by atoms with E-state index < -0.39 is 0 Å². The molecule has 0 spiro atoms. The average molecular weight is 371 g/mol. The Labute approximate surface area is 172 Å². The minimum absolute atomic E-state index is 1.26. The van der Waals surface area contributed by atoms with Crippen LogP contribution in [0.5, 0.6) is 0 Å². The van der Waals surface area contributed by atoms with Crippen LogP contribution in [0.3, 0.4) is 0 Å². The Morgan fingerprint density at radius 2 is 1.00 bits per heavy atom. The number of allylic oxidation sites excluding steroid dienone is 4. The molecule has 0 fully saturated rings. The Hall–Kier alpha value is -2.86. The van der Waals surface area contributed by atoms with Gasteiger partial charge in [-0.25, -0.2) is 0 Å². The molecule has 28 heavy (non-hydrogen) atoms. The highest BCUT2D eigenvalue weighted by atomic mass is 14.0. The minimum Gasteiger partial charge on any atom is -0.0874 e. The number of rotatable bonds is 3. The van der Waals surface area contributed by atoms with Crippen molar-refractivity contribution in [2.24, 2.45) is 0 Å². The molecule has 0 amide bonds. The zero-order chi connectivity index (χ0) is 20.8. The standard InChI is InChI=1S/C19H16.C7H12.C2H6/c1-15-7-9-17(10-8-15)19-13-11-18(12-14-19)16-5-3-2-4-6-16;1-4-6-7(3)5-2;1-2/h2-14H,1H3;4-6H,1-3H3;1-2H3/b;6-4-,7-5-;. The SMILES string of the molecule is C/C=C\C(C)=C/C.CC.Cc1ccc(-c2ccc(-c3ccccc3)cc2)cc1. The van der Waals surface area contributed by atoms with E-state index in [0.717, 1.165) is 0 Å². The van der Waals surface area contributed by atoms with E-state index in [1.165, 1.54) is 33.4 Å². The Morgan fingerprint density at radius 1 is 0.607 bits per heavy atom. The van der Waals surface area contributed by atoms with Crippen LogP contribution in [-0.4, -0.2) is 0 Å². The van der Waals surface area contributed by atoms with Crippen molar-refractivity contribution >= 4 is 0 Å². The van der Waals surface area contributed by atoms with Crippen LogP contribution in [0.15, 0.2) is 103 Å². The van der Waals surface area contributed by atoms with Crippen molar-refractivity contribution in [1.82, 2.24) is 0 Å².